The summed E-state index contributed by atoms with van der Waals surface area (Å²) >= 11 is 0. The number of phenols is 2. The van der Waals surface area contributed by atoms with Crippen molar-refractivity contribution in [3.05, 3.63) is 307 Å². The largest absolute Gasteiger partial charge is 1.00 e. The number of Topliss-reactive ketones (excluding diaryl/α,β-unsaturated/α-hetero) is 1. The number of aromatic hydroxyl groups is 2. The second-order valence-corrected chi connectivity index (χ2v) is 25.5. The van der Waals surface area contributed by atoms with Gasteiger partial charge in [0.2, 0.25) is 0 Å². The van der Waals surface area contributed by atoms with Crippen LogP contribution in [0.4, 0.5) is 0 Å². The zero-order valence-electron chi connectivity index (χ0n) is 62.1. The first-order valence-electron chi connectivity index (χ1n) is 33.9. The maximum atomic E-state index is 12.6. The smallest absolute Gasteiger partial charge is 1.00 e. The van der Waals surface area contributed by atoms with E-state index in [2.05, 4.69) is 0 Å². The summed E-state index contributed by atoms with van der Waals surface area (Å²) in [5.41, 5.74) is 12.7. The Morgan fingerprint density at radius 1 is 0.422 bits per heavy atom. The van der Waals surface area contributed by atoms with E-state index < -0.39 is 12.2 Å². The number of hydrogen-bond donors (Lipinski definition) is 4. The Labute approximate surface area is 652 Å². The van der Waals surface area contributed by atoms with Gasteiger partial charge in [0, 0.05) is 64.8 Å². The van der Waals surface area contributed by atoms with E-state index in [0.717, 1.165) is 55.8 Å². The maximum Gasteiger partial charge on any atom is 1.00 e. The van der Waals surface area contributed by atoms with Crippen molar-refractivity contribution in [1.82, 2.24) is 0 Å². The first kappa shape index (κ1) is 81.0. The molecule has 10 aromatic carbocycles. The Hall–Kier alpha value is -12.1. The van der Waals surface area contributed by atoms with Crippen LogP contribution in [0.2, 0.25) is 0 Å². The van der Waals surface area contributed by atoms with Crippen LogP contribution in [-0.4, -0.2) is 71.7 Å². The molecule has 15 rings (SSSR count). The third-order valence-electron chi connectivity index (χ3n) is 17.3. The van der Waals surface area contributed by atoms with Gasteiger partial charge in [-0.1, -0.05) is 97.1 Å². The van der Waals surface area contributed by atoms with Crippen molar-refractivity contribution in [2.24, 2.45) is 0 Å². The number of carbonyl (C=O) groups excluding carboxylic acids is 5. The van der Waals surface area contributed by atoms with Gasteiger partial charge in [-0.05, 0) is 187 Å². The Balaban J connectivity index is 0.000000172. The maximum absolute atomic E-state index is 12.6. The van der Waals surface area contributed by atoms with Crippen LogP contribution in [0.3, 0.4) is 0 Å². The van der Waals surface area contributed by atoms with E-state index in [0.29, 0.717) is 103 Å². The summed E-state index contributed by atoms with van der Waals surface area (Å²) in [5.74, 6) is 2.27. The van der Waals surface area contributed by atoms with Gasteiger partial charge in [0.1, 0.15) is 88.1 Å². The van der Waals surface area contributed by atoms with Gasteiger partial charge in [-0.2, -0.15) is 0 Å². The molecule has 4 N–H and O–H groups in total. The Morgan fingerprint density at radius 2 is 0.826 bits per heavy atom. The number of phenolic OH excluding ortho intramolecular Hbond substituents is 2. The summed E-state index contributed by atoms with van der Waals surface area (Å²) < 4.78 is 48.1. The fraction of sp³-hybridized carbons (Fsp3) is 0.161. The molecular formula is C87H75BNaO20. The number of ether oxygens (including phenoxy) is 7. The molecule has 20 nitrogen and oxygen atoms in total. The number of aliphatic hydroxyl groups is 2. The normalized spacial score (nSPS) is 14.7. The summed E-state index contributed by atoms with van der Waals surface area (Å²) in [7, 11) is 0. The first-order chi connectivity index (χ1) is 51.3. The topological polar surface area (TPSA) is 291 Å². The van der Waals surface area contributed by atoms with E-state index in [4.69, 9.17) is 42.0 Å². The molecule has 3 aliphatic rings. The van der Waals surface area contributed by atoms with Crippen LogP contribution in [-0.2, 0) is 19.2 Å². The molecule has 0 aliphatic carbocycles. The van der Waals surface area contributed by atoms with Crippen molar-refractivity contribution in [3.8, 4) is 74.0 Å². The summed E-state index contributed by atoms with van der Waals surface area (Å²) in [6, 6.07) is 61.2. The predicted molar refractivity (Wildman–Crippen MR) is 408 cm³/mol. The third-order valence-corrected chi connectivity index (χ3v) is 17.3. The minimum absolute atomic E-state index is 0. The minimum Gasteiger partial charge on any atom is -1.00 e. The van der Waals surface area contributed by atoms with Gasteiger partial charge in [-0.25, -0.2) is 0 Å². The SMILES string of the molecule is CC(=O)Oc1ccc(-c2coc3cc(C)ccc3c2=O)cc1.CC(=O)Oc1ccc(C2=COc3cc(C)ccc3[C@H]2O)cc1.CC(=O)Oc1ccc(C2COc3cc(C)ccc3C2=O)cc1.CC(=O)Oc1ccc([C@@H]2COc3cc(C)ccc3[C@@H]2O)cc1.O=c1c(-c2ccc(O)cc2)coc2cc(O)ccc12.[B].[H-].[Na+]. The minimum atomic E-state index is -0.746. The quantitative estimate of drug-likeness (QED) is 0.0593. The molecular weight excluding hydrogens is 1400 g/mol. The Morgan fingerprint density at radius 3 is 1.35 bits per heavy atom. The standard InChI is InChI=1S/C18H18O4.2C18H16O4.C18H14O4.C15H10O4.B.Na.H/c4*1-11-3-8-15-17(9-11)21-10-16(18(15)20)13-4-6-14(7-5-13)22-12(2)19;16-10-3-1-9(2-4-10)13-8-19-14-7-11(17)5-6-12(14)15(13)18;;;/h3-9,16,18,20H,10H2,1-2H3;3-9,16H,10H2,1-2H3;3-10,18,20H,1-2H3;3-10H,1-2H3;1-8,16-17H;;;/q;;;;;;+1;-1/t16-,18-;;18-;;;;;/m0.1...../s1. The van der Waals surface area contributed by atoms with Crippen molar-refractivity contribution in [2.45, 2.75) is 79.4 Å². The molecule has 12 aromatic rings. The molecule has 109 heavy (non-hydrogen) atoms. The second kappa shape index (κ2) is 36.5. The number of hydrogen-bond acceptors (Lipinski definition) is 20. The number of ketones is 1. The first-order valence-corrected chi connectivity index (χ1v) is 33.9. The number of carbonyl (C=O) groups is 5. The Bertz CT molecular complexity index is 5470. The van der Waals surface area contributed by atoms with Crippen LogP contribution >= 0.6 is 0 Å². The molecule has 3 radical (unpaired) electrons. The van der Waals surface area contributed by atoms with Gasteiger partial charge in [-0.15, -0.1) is 0 Å². The van der Waals surface area contributed by atoms with Crippen molar-refractivity contribution in [3.63, 3.8) is 0 Å². The van der Waals surface area contributed by atoms with Crippen molar-refractivity contribution >= 4 is 65.6 Å². The molecule has 0 amide bonds. The molecule has 0 fully saturated rings. The summed E-state index contributed by atoms with van der Waals surface area (Å²) in [6.45, 7) is 14.0. The van der Waals surface area contributed by atoms with E-state index in [1.54, 1.807) is 109 Å². The monoisotopic (exact) mass is 1470 g/mol. The fourth-order valence-corrected chi connectivity index (χ4v) is 12.0. The van der Waals surface area contributed by atoms with Gasteiger partial charge < -0.3 is 63.8 Å². The molecule has 0 saturated heterocycles. The average molecular weight is 1470 g/mol. The summed E-state index contributed by atoms with van der Waals surface area (Å²) in [5, 5.41) is 40.7. The number of benzene rings is 10. The zero-order valence-corrected chi connectivity index (χ0v) is 63.1. The molecule has 0 spiro atoms. The molecule has 2 aromatic heterocycles. The average Bonchev–Trinajstić information content (AvgIpc) is 0.816. The number of fused-ring (bicyclic) bond motifs is 5. The predicted octanol–water partition coefficient (Wildman–Crippen LogP) is 13.1. The van der Waals surface area contributed by atoms with E-state index in [1.807, 2.05) is 107 Å². The van der Waals surface area contributed by atoms with E-state index in [-0.39, 0.29) is 103 Å². The van der Waals surface area contributed by atoms with Crippen molar-refractivity contribution in [1.29, 1.82) is 0 Å². The summed E-state index contributed by atoms with van der Waals surface area (Å²) in [6.07, 6.45) is 3.03. The van der Waals surface area contributed by atoms with Gasteiger partial charge >= 0.3 is 53.4 Å². The molecule has 547 valence electrons. The second-order valence-electron chi connectivity index (χ2n) is 25.5. The van der Waals surface area contributed by atoms with Crippen molar-refractivity contribution < 1.29 is 117 Å². The van der Waals surface area contributed by atoms with Crippen LogP contribution < -0.4 is 73.6 Å². The molecule has 4 atom stereocenters. The molecule has 0 bridgehead atoms. The van der Waals surface area contributed by atoms with Gasteiger partial charge in [0.25, 0.3) is 0 Å². The van der Waals surface area contributed by atoms with Crippen LogP contribution in [0.25, 0.3) is 49.8 Å². The molecule has 5 heterocycles. The Kier molecular flexibility index (Phi) is 27.1. The molecule has 0 saturated carbocycles. The fourth-order valence-electron chi connectivity index (χ4n) is 12.0. The van der Waals surface area contributed by atoms with Crippen LogP contribution in [0.5, 0.6) is 51.7 Å². The van der Waals surface area contributed by atoms with Crippen molar-refractivity contribution in [2.75, 3.05) is 13.2 Å². The molecule has 22 heteroatoms. The molecule has 3 aliphatic heterocycles. The van der Waals surface area contributed by atoms with E-state index in [9.17, 15) is 54.0 Å². The summed E-state index contributed by atoms with van der Waals surface area (Å²) in [4.78, 5) is 81.2. The van der Waals surface area contributed by atoms with E-state index >= 15 is 0 Å². The molecule has 1 unspecified atom stereocenters. The third kappa shape index (κ3) is 20.3. The van der Waals surface area contributed by atoms with Crippen LogP contribution in [0.1, 0.15) is 114 Å². The van der Waals surface area contributed by atoms with Crippen LogP contribution in [0, 0.1) is 27.7 Å². The van der Waals surface area contributed by atoms with Crippen LogP contribution in [0.15, 0.2) is 250 Å². The number of aliphatic hydroxyl groups excluding tert-OH is 2. The van der Waals surface area contributed by atoms with E-state index in [1.165, 1.54) is 70.6 Å². The van der Waals surface area contributed by atoms with Gasteiger partial charge in [0.15, 0.2) is 16.6 Å². The zero-order chi connectivity index (χ0) is 76.2. The number of aryl methyl sites for hydroxylation is 4. The van der Waals surface area contributed by atoms with Gasteiger partial charge in [-0.3, -0.25) is 33.6 Å². The number of rotatable bonds is 9. The van der Waals surface area contributed by atoms with Gasteiger partial charge in [0.05, 0.1) is 52.4 Å². The number of esters is 4.